The minimum Gasteiger partial charge on any atom is -0.355 e. The van der Waals surface area contributed by atoms with Gasteiger partial charge in [-0.3, -0.25) is 9.59 Å². The van der Waals surface area contributed by atoms with Gasteiger partial charge in [-0.1, -0.05) is 12.6 Å². The molecule has 0 saturated heterocycles. The van der Waals surface area contributed by atoms with Gasteiger partial charge in [0.25, 0.3) is 5.91 Å². The van der Waals surface area contributed by atoms with Gasteiger partial charge >= 0.3 is 0 Å². The van der Waals surface area contributed by atoms with Gasteiger partial charge in [-0.15, -0.1) is 0 Å². The van der Waals surface area contributed by atoms with Crippen LogP contribution in [0.25, 0.3) is 0 Å². The van der Waals surface area contributed by atoms with Crippen LogP contribution in [0.4, 0.5) is 5.69 Å². The fraction of sp³-hybridized carbons (Fsp3) is 0.167. The Balaban J connectivity index is 3.03. The number of rotatable bonds is 3. The molecule has 84 valence electrons. The van der Waals surface area contributed by atoms with Crippen molar-refractivity contribution in [1.29, 1.82) is 0 Å². The Morgan fingerprint density at radius 1 is 1.38 bits per heavy atom. The predicted molar refractivity (Wildman–Crippen MR) is 63.4 cm³/mol. The Labute approximate surface area is 94.4 Å². The third kappa shape index (κ3) is 2.70. The van der Waals surface area contributed by atoms with Crippen LogP contribution >= 0.6 is 0 Å². The average molecular weight is 218 g/mol. The molecular weight excluding hydrogens is 204 g/mol. The molecule has 0 spiro atoms. The first-order chi connectivity index (χ1) is 7.58. The van der Waals surface area contributed by atoms with E-state index in [-0.39, 0.29) is 11.8 Å². The molecule has 0 bridgehead atoms. The maximum Gasteiger partial charge on any atom is 0.251 e. The van der Waals surface area contributed by atoms with Crippen molar-refractivity contribution >= 4 is 17.5 Å². The Kier molecular flexibility index (Phi) is 3.83. The van der Waals surface area contributed by atoms with E-state index < -0.39 is 0 Å². The molecule has 1 aromatic carbocycles. The normalized spacial score (nSPS) is 9.38. The number of aryl methyl sites for hydroxylation is 1. The Morgan fingerprint density at radius 2 is 2.06 bits per heavy atom. The van der Waals surface area contributed by atoms with Crippen LogP contribution in [-0.4, -0.2) is 18.9 Å². The van der Waals surface area contributed by atoms with Crippen LogP contribution in [0.3, 0.4) is 0 Å². The third-order valence-electron chi connectivity index (χ3n) is 2.17. The zero-order valence-corrected chi connectivity index (χ0v) is 9.33. The molecule has 0 aliphatic heterocycles. The lowest BCUT2D eigenvalue weighted by Crippen LogP contribution is -2.18. The molecule has 2 N–H and O–H groups in total. The maximum absolute atomic E-state index is 11.4. The van der Waals surface area contributed by atoms with Crippen molar-refractivity contribution in [2.45, 2.75) is 6.92 Å². The summed E-state index contributed by atoms with van der Waals surface area (Å²) in [6.07, 6.45) is 1.19. The van der Waals surface area contributed by atoms with E-state index in [2.05, 4.69) is 17.2 Å². The molecule has 0 fully saturated rings. The van der Waals surface area contributed by atoms with Gasteiger partial charge in [0.15, 0.2) is 0 Å². The lowest BCUT2D eigenvalue weighted by atomic mass is 10.1. The van der Waals surface area contributed by atoms with E-state index in [1.54, 1.807) is 25.2 Å². The van der Waals surface area contributed by atoms with E-state index in [0.717, 1.165) is 5.56 Å². The molecule has 0 aliphatic rings. The van der Waals surface area contributed by atoms with E-state index in [1.165, 1.54) is 6.08 Å². The SMILES string of the molecule is C=CC(=O)Nc1cc(C(=O)NC)ccc1C. The molecule has 16 heavy (non-hydrogen) atoms. The summed E-state index contributed by atoms with van der Waals surface area (Å²) in [5, 5.41) is 5.17. The molecular formula is C12H14N2O2. The number of amides is 2. The van der Waals surface area contributed by atoms with Crippen molar-refractivity contribution in [3.63, 3.8) is 0 Å². The van der Waals surface area contributed by atoms with Crippen molar-refractivity contribution in [2.24, 2.45) is 0 Å². The predicted octanol–water partition coefficient (Wildman–Crippen LogP) is 1.48. The smallest absolute Gasteiger partial charge is 0.251 e. The first-order valence-corrected chi connectivity index (χ1v) is 4.84. The summed E-state index contributed by atoms with van der Waals surface area (Å²) in [4.78, 5) is 22.5. The van der Waals surface area contributed by atoms with Crippen LogP contribution in [0.5, 0.6) is 0 Å². The number of hydrogen-bond acceptors (Lipinski definition) is 2. The summed E-state index contributed by atoms with van der Waals surface area (Å²) in [6.45, 7) is 5.22. The second-order valence-electron chi connectivity index (χ2n) is 3.30. The number of carbonyl (C=O) groups excluding carboxylic acids is 2. The summed E-state index contributed by atoms with van der Waals surface area (Å²) in [5.74, 6) is -0.480. The minimum atomic E-state index is -0.294. The molecule has 0 aliphatic carbocycles. The van der Waals surface area contributed by atoms with E-state index in [9.17, 15) is 9.59 Å². The van der Waals surface area contributed by atoms with Crippen molar-refractivity contribution < 1.29 is 9.59 Å². The van der Waals surface area contributed by atoms with Crippen molar-refractivity contribution in [2.75, 3.05) is 12.4 Å². The fourth-order valence-corrected chi connectivity index (χ4v) is 1.23. The first-order valence-electron chi connectivity index (χ1n) is 4.84. The molecule has 0 radical (unpaired) electrons. The zero-order valence-electron chi connectivity index (χ0n) is 9.33. The Hall–Kier alpha value is -2.10. The molecule has 2 amide bonds. The van der Waals surface area contributed by atoms with Crippen molar-refractivity contribution in [3.8, 4) is 0 Å². The van der Waals surface area contributed by atoms with E-state index >= 15 is 0 Å². The summed E-state index contributed by atoms with van der Waals surface area (Å²) in [7, 11) is 1.56. The van der Waals surface area contributed by atoms with E-state index in [4.69, 9.17) is 0 Å². The first kappa shape index (κ1) is 12.0. The Morgan fingerprint density at radius 3 is 2.62 bits per heavy atom. The lowest BCUT2D eigenvalue weighted by Gasteiger charge is -2.08. The number of benzene rings is 1. The van der Waals surface area contributed by atoms with Gasteiger partial charge in [0.1, 0.15) is 0 Å². The van der Waals surface area contributed by atoms with Crippen LogP contribution in [0.2, 0.25) is 0 Å². The van der Waals surface area contributed by atoms with Gasteiger partial charge in [-0.2, -0.15) is 0 Å². The highest BCUT2D eigenvalue weighted by molar-refractivity contribution is 6.01. The van der Waals surface area contributed by atoms with Crippen LogP contribution in [0.1, 0.15) is 15.9 Å². The maximum atomic E-state index is 11.4. The monoisotopic (exact) mass is 218 g/mol. The highest BCUT2D eigenvalue weighted by atomic mass is 16.2. The van der Waals surface area contributed by atoms with Crippen LogP contribution in [0.15, 0.2) is 30.9 Å². The van der Waals surface area contributed by atoms with Crippen LogP contribution < -0.4 is 10.6 Å². The van der Waals surface area contributed by atoms with Crippen molar-refractivity contribution in [1.82, 2.24) is 5.32 Å². The topological polar surface area (TPSA) is 58.2 Å². The Bertz CT molecular complexity index is 439. The van der Waals surface area contributed by atoms with Gasteiger partial charge < -0.3 is 10.6 Å². The highest BCUT2D eigenvalue weighted by Crippen LogP contribution is 2.16. The molecule has 1 aromatic rings. The molecule has 0 atom stereocenters. The van der Waals surface area contributed by atoms with E-state index in [0.29, 0.717) is 11.3 Å². The molecule has 4 nitrogen and oxygen atoms in total. The number of carbonyl (C=O) groups is 2. The molecule has 0 heterocycles. The van der Waals surface area contributed by atoms with Gasteiger partial charge in [0, 0.05) is 18.3 Å². The molecule has 4 heteroatoms. The highest BCUT2D eigenvalue weighted by Gasteiger charge is 2.07. The summed E-state index contributed by atoms with van der Waals surface area (Å²) < 4.78 is 0. The van der Waals surface area contributed by atoms with Gasteiger partial charge in [-0.05, 0) is 30.7 Å². The fourth-order valence-electron chi connectivity index (χ4n) is 1.23. The summed E-state index contributed by atoms with van der Waals surface area (Å²) in [6, 6.07) is 5.12. The van der Waals surface area contributed by atoms with E-state index in [1.807, 2.05) is 6.92 Å². The largest absolute Gasteiger partial charge is 0.355 e. The van der Waals surface area contributed by atoms with Crippen molar-refractivity contribution in [3.05, 3.63) is 42.0 Å². The quantitative estimate of drug-likeness (QED) is 0.755. The van der Waals surface area contributed by atoms with Gasteiger partial charge in [0.05, 0.1) is 0 Å². The van der Waals surface area contributed by atoms with Crippen LogP contribution in [0, 0.1) is 6.92 Å². The average Bonchev–Trinajstić information content (AvgIpc) is 2.30. The summed E-state index contributed by atoms with van der Waals surface area (Å²) in [5.41, 5.74) is 2.02. The zero-order chi connectivity index (χ0) is 12.1. The third-order valence-corrected chi connectivity index (χ3v) is 2.17. The number of nitrogens with one attached hydrogen (secondary N) is 2. The molecule has 0 unspecified atom stereocenters. The lowest BCUT2D eigenvalue weighted by molar-refractivity contribution is -0.111. The summed E-state index contributed by atoms with van der Waals surface area (Å²) >= 11 is 0. The number of anilines is 1. The molecule has 0 aromatic heterocycles. The molecule has 0 saturated carbocycles. The van der Waals surface area contributed by atoms with Crippen LogP contribution in [-0.2, 0) is 4.79 Å². The molecule has 1 rings (SSSR count). The van der Waals surface area contributed by atoms with Gasteiger partial charge in [-0.25, -0.2) is 0 Å². The number of hydrogen-bond donors (Lipinski definition) is 2. The van der Waals surface area contributed by atoms with Gasteiger partial charge in [0.2, 0.25) is 5.91 Å². The minimum absolute atomic E-state index is 0.186. The standard InChI is InChI=1S/C12H14N2O2/c1-4-11(15)14-10-7-9(12(16)13-3)6-5-8(10)2/h4-7H,1H2,2-3H3,(H,13,16)(H,14,15). The second kappa shape index (κ2) is 5.11. The second-order valence-corrected chi connectivity index (χ2v) is 3.30.